The molecule has 1 N–H and O–H groups in total. The molecule has 120 valence electrons. The van der Waals surface area contributed by atoms with Gasteiger partial charge in [-0.15, -0.1) is 0 Å². The fourth-order valence-electron chi connectivity index (χ4n) is 1.65. The minimum Gasteiger partial charge on any atom is -0.451 e. The lowest BCUT2D eigenvalue weighted by Gasteiger charge is -2.07. The van der Waals surface area contributed by atoms with Crippen molar-refractivity contribution in [1.29, 1.82) is 0 Å². The van der Waals surface area contributed by atoms with Gasteiger partial charge in [0, 0.05) is 6.07 Å². The van der Waals surface area contributed by atoms with Gasteiger partial charge in [0.2, 0.25) is 0 Å². The molecule has 2 aromatic rings. The van der Waals surface area contributed by atoms with Crippen LogP contribution in [0.2, 0.25) is 0 Å². The molecule has 0 fully saturated rings. The molecule has 1 aromatic heterocycles. The Morgan fingerprint density at radius 1 is 1.35 bits per heavy atom. The van der Waals surface area contributed by atoms with E-state index >= 15 is 0 Å². The Kier molecular flexibility index (Phi) is 5.02. The highest BCUT2D eigenvalue weighted by molar-refractivity contribution is 7.17. The lowest BCUT2D eigenvalue weighted by atomic mass is 10.2. The number of carbonyl (C=O) groups is 2. The number of nitro groups is 1. The first-order valence-corrected chi connectivity index (χ1v) is 7.16. The van der Waals surface area contributed by atoms with E-state index in [-0.39, 0.29) is 15.6 Å². The summed E-state index contributed by atoms with van der Waals surface area (Å²) in [7, 11) is 0. The zero-order valence-corrected chi connectivity index (χ0v) is 12.7. The van der Waals surface area contributed by atoms with E-state index in [2.05, 4.69) is 5.32 Å². The van der Waals surface area contributed by atoms with E-state index in [1.54, 1.807) is 13.0 Å². The fraction of sp³-hybridized carbons (Fsp3) is 0.143. The van der Waals surface area contributed by atoms with Crippen LogP contribution in [0, 0.1) is 22.9 Å². The fourth-order valence-corrected chi connectivity index (χ4v) is 2.36. The Hall–Kier alpha value is -2.81. The number of anilines is 1. The number of nitrogens with zero attached hydrogens (tertiary/aromatic N) is 1. The van der Waals surface area contributed by atoms with Gasteiger partial charge in [-0.3, -0.25) is 14.9 Å². The number of hydrogen-bond acceptors (Lipinski definition) is 6. The molecule has 2 rings (SSSR count). The van der Waals surface area contributed by atoms with E-state index in [0.29, 0.717) is 16.9 Å². The van der Waals surface area contributed by atoms with Gasteiger partial charge in [0.05, 0.1) is 10.6 Å². The first-order valence-electron chi connectivity index (χ1n) is 6.34. The minimum atomic E-state index is -0.859. The summed E-state index contributed by atoms with van der Waals surface area (Å²) in [6.45, 7) is 1.08. The van der Waals surface area contributed by atoms with Crippen LogP contribution in [0.3, 0.4) is 0 Å². The SMILES string of the molecule is Cc1ccc(NC(=O)COC(=O)c2ccc([N+](=O)[O-])s2)c(F)c1. The third kappa shape index (κ3) is 4.33. The topological polar surface area (TPSA) is 98.5 Å². The van der Waals surface area contributed by atoms with Crippen LogP contribution in [0.1, 0.15) is 15.2 Å². The van der Waals surface area contributed by atoms with E-state index in [4.69, 9.17) is 4.74 Å². The third-order valence-corrected chi connectivity index (χ3v) is 3.72. The minimum absolute atomic E-state index is 0.00557. The van der Waals surface area contributed by atoms with Crippen LogP contribution >= 0.6 is 11.3 Å². The molecule has 0 aliphatic heterocycles. The van der Waals surface area contributed by atoms with Gasteiger partial charge in [-0.2, -0.15) is 0 Å². The normalized spacial score (nSPS) is 10.2. The van der Waals surface area contributed by atoms with Gasteiger partial charge in [0.25, 0.3) is 5.91 Å². The molecule has 1 amide bonds. The van der Waals surface area contributed by atoms with Gasteiger partial charge >= 0.3 is 11.0 Å². The molecule has 0 saturated heterocycles. The van der Waals surface area contributed by atoms with Crippen LogP contribution in [-0.2, 0) is 9.53 Å². The number of amides is 1. The first kappa shape index (κ1) is 16.6. The second-order valence-electron chi connectivity index (χ2n) is 4.50. The molecule has 23 heavy (non-hydrogen) atoms. The van der Waals surface area contributed by atoms with Crippen LogP contribution in [0.5, 0.6) is 0 Å². The van der Waals surface area contributed by atoms with Gasteiger partial charge in [0.1, 0.15) is 10.7 Å². The van der Waals surface area contributed by atoms with Crippen molar-refractivity contribution in [1.82, 2.24) is 0 Å². The summed E-state index contributed by atoms with van der Waals surface area (Å²) in [6.07, 6.45) is 0. The Morgan fingerprint density at radius 2 is 2.09 bits per heavy atom. The maximum Gasteiger partial charge on any atom is 0.349 e. The molecule has 0 spiro atoms. The summed E-state index contributed by atoms with van der Waals surface area (Å²) >= 11 is 0.643. The van der Waals surface area contributed by atoms with E-state index in [1.165, 1.54) is 24.3 Å². The molecule has 0 saturated carbocycles. The molecule has 1 aromatic carbocycles. The molecular weight excluding hydrogens is 327 g/mol. The zero-order valence-electron chi connectivity index (χ0n) is 11.9. The molecule has 9 heteroatoms. The second-order valence-corrected chi connectivity index (χ2v) is 5.56. The molecule has 0 atom stereocenters. The number of esters is 1. The lowest BCUT2D eigenvalue weighted by Crippen LogP contribution is -2.21. The monoisotopic (exact) mass is 338 g/mol. The number of halogens is 1. The summed E-state index contributed by atoms with van der Waals surface area (Å²) in [6, 6.07) is 6.68. The molecule has 1 heterocycles. The van der Waals surface area contributed by atoms with Crippen molar-refractivity contribution in [2.24, 2.45) is 0 Å². The average molecular weight is 338 g/mol. The van der Waals surface area contributed by atoms with Gasteiger partial charge in [-0.1, -0.05) is 17.4 Å². The zero-order chi connectivity index (χ0) is 17.0. The van der Waals surface area contributed by atoms with Crippen molar-refractivity contribution in [3.8, 4) is 0 Å². The summed E-state index contributed by atoms with van der Waals surface area (Å²) in [5.41, 5.74) is 0.676. The Labute approximate surface area is 133 Å². The lowest BCUT2D eigenvalue weighted by molar-refractivity contribution is -0.380. The smallest absolute Gasteiger partial charge is 0.349 e. The summed E-state index contributed by atoms with van der Waals surface area (Å²) < 4.78 is 18.3. The average Bonchev–Trinajstić information content (AvgIpc) is 2.98. The number of benzene rings is 1. The molecule has 0 aliphatic carbocycles. The maximum absolute atomic E-state index is 13.6. The van der Waals surface area contributed by atoms with E-state index in [9.17, 15) is 24.1 Å². The summed E-state index contributed by atoms with van der Waals surface area (Å²) in [5, 5.41) is 12.6. The van der Waals surface area contributed by atoms with Crippen LogP contribution in [0.15, 0.2) is 30.3 Å². The number of nitrogens with one attached hydrogen (secondary N) is 1. The quantitative estimate of drug-likeness (QED) is 0.513. The van der Waals surface area contributed by atoms with E-state index in [0.717, 1.165) is 0 Å². The Morgan fingerprint density at radius 3 is 2.70 bits per heavy atom. The summed E-state index contributed by atoms with van der Waals surface area (Å²) in [5.74, 6) is -2.17. The highest BCUT2D eigenvalue weighted by Gasteiger charge is 2.17. The third-order valence-electron chi connectivity index (χ3n) is 2.71. The predicted octanol–water partition coefficient (Wildman–Crippen LogP) is 2.90. The van der Waals surface area contributed by atoms with Crippen molar-refractivity contribution in [2.45, 2.75) is 6.92 Å². The standard InChI is InChI=1S/C14H11FN2O5S/c1-8-2-3-10(9(15)6-8)16-12(18)7-22-14(19)11-4-5-13(23-11)17(20)21/h2-6H,7H2,1H3,(H,16,18). The molecule has 0 aliphatic rings. The molecule has 0 bridgehead atoms. The molecule has 7 nitrogen and oxygen atoms in total. The van der Waals surface area contributed by atoms with Crippen LogP contribution < -0.4 is 5.32 Å². The highest BCUT2D eigenvalue weighted by atomic mass is 32.1. The Bertz CT molecular complexity index is 774. The first-order chi connectivity index (χ1) is 10.9. The Balaban J connectivity index is 1.90. The van der Waals surface area contributed by atoms with Crippen LogP contribution in [0.25, 0.3) is 0 Å². The second kappa shape index (κ2) is 6.97. The number of hydrogen-bond donors (Lipinski definition) is 1. The van der Waals surface area contributed by atoms with Gasteiger partial charge < -0.3 is 10.1 Å². The summed E-state index contributed by atoms with van der Waals surface area (Å²) in [4.78, 5) is 33.2. The van der Waals surface area contributed by atoms with Crippen LogP contribution in [-0.4, -0.2) is 23.4 Å². The molecule has 0 radical (unpaired) electrons. The van der Waals surface area contributed by atoms with E-state index in [1.807, 2.05) is 0 Å². The number of carbonyl (C=O) groups excluding carboxylic acids is 2. The molecular formula is C14H11FN2O5S. The van der Waals surface area contributed by atoms with Gasteiger partial charge in [-0.25, -0.2) is 9.18 Å². The van der Waals surface area contributed by atoms with Crippen LogP contribution in [0.4, 0.5) is 15.1 Å². The van der Waals surface area contributed by atoms with Crippen molar-refractivity contribution >= 4 is 33.9 Å². The van der Waals surface area contributed by atoms with Gasteiger partial charge in [-0.05, 0) is 30.7 Å². The number of aryl methyl sites for hydroxylation is 1. The molecule has 0 unspecified atom stereocenters. The number of ether oxygens (including phenoxy) is 1. The largest absolute Gasteiger partial charge is 0.451 e. The number of rotatable bonds is 5. The van der Waals surface area contributed by atoms with Crippen molar-refractivity contribution < 1.29 is 23.6 Å². The van der Waals surface area contributed by atoms with E-state index < -0.39 is 29.2 Å². The van der Waals surface area contributed by atoms with Crippen molar-refractivity contribution in [3.05, 3.63) is 56.7 Å². The number of thiophene rings is 1. The van der Waals surface area contributed by atoms with Crippen molar-refractivity contribution in [2.75, 3.05) is 11.9 Å². The maximum atomic E-state index is 13.6. The van der Waals surface area contributed by atoms with Gasteiger partial charge in [0.15, 0.2) is 6.61 Å². The highest BCUT2D eigenvalue weighted by Crippen LogP contribution is 2.24. The van der Waals surface area contributed by atoms with Crippen molar-refractivity contribution in [3.63, 3.8) is 0 Å². The predicted molar refractivity (Wildman–Crippen MR) is 81.0 cm³/mol.